The van der Waals surface area contributed by atoms with Crippen molar-refractivity contribution in [2.24, 2.45) is 11.8 Å². The SMILES string of the molecule is CCC1CCC(C2(O)CC(C)N(C3CC3)C2)CC1. The second-order valence-electron chi connectivity index (χ2n) is 7.19. The van der Waals surface area contributed by atoms with Crippen molar-refractivity contribution in [1.82, 2.24) is 4.90 Å². The molecular weight excluding hydrogens is 222 g/mol. The van der Waals surface area contributed by atoms with Crippen molar-refractivity contribution in [1.29, 1.82) is 0 Å². The van der Waals surface area contributed by atoms with E-state index >= 15 is 0 Å². The molecule has 2 saturated carbocycles. The largest absolute Gasteiger partial charge is 0.388 e. The van der Waals surface area contributed by atoms with Gasteiger partial charge in [-0.25, -0.2) is 0 Å². The molecule has 0 aromatic heterocycles. The Balaban J connectivity index is 1.61. The predicted octanol–water partition coefficient (Wildman–Crippen LogP) is 3.19. The van der Waals surface area contributed by atoms with Crippen molar-refractivity contribution >= 4 is 0 Å². The molecule has 2 atom stereocenters. The molecule has 1 N–H and O–H groups in total. The molecule has 0 aromatic carbocycles. The Morgan fingerprint density at radius 3 is 2.33 bits per heavy atom. The molecule has 2 aliphatic carbocycles. The molecule has 3 fully saturated rings. The van der Waals surface area contributed by atoms with Crippen LogP contribution in [-0.2, 0) is 0 Å². The monoisotopic (exact) mass is 251 g/mol. The summed E-state index contributed by atoms with van der Waals surface area (Å²) in [6, 6.07) is 1.41. The molecule has 0 aromatic rings. The summed E-state index contributed by atoms with van der Waals surface area (Å²) in [5.41, 5.74) is -0.360. The summed E-state index contributed by atoms with van der Waals surface area (Å²) in [7, 11) is 0. The van der Waals surface area contributed by atoms with Gasteiger partial charge in [0.25, 0.3) is 0 Å². The van der Waals surface area contributed by atoms with Gasteiger partial charge in [-0.05, 0) is 50.9 Å². The Morgan fingerprint density at radius 2 is 1.78 bits per heavy atom. The smallest absolute Gasteiger partial charge is 0.0817 e. The zero-order chi connectivity index (χ0) is 12.8. The van der Waals surface area contributed by atoms with Crippen molar-refractivity contribution in [2.75, 3.05) is 6.54 Å². The fourth-order valence-electron chi connectivity index (χ4n) is 4.46. The lowest BCUT2D eigenvalue weighted by Gasteiger charge is -2.38. The molecule has 0 bridgehead atoms. The van der Waals surface area contributed by atoms with Gasteiger partial charge >= 0.3 is 0 Å². The molecule has 0 amide bonds. The van der Waals surface area contributed by atoms with Crippen LogP contribution in [0, 0.1) is 11.8 Å². The van der Waals surface area contributed by atoms with Gasteiger partial charge in [0, 0.05) is 18.6 Å². The van der Waals surface area contributed by atoms with Crippen LogP contribution in [0.4, 0.5) is 0 Å². The van der Waals surface area contributed by atoms with E-state index in [0.717, 1.165) is 24.9 Å². The van der Waals surface area contributed by atoms with Crippen LogP contribution in [0.25, 0.3) is 0 Å². The van der Waals surface area contributed by atoms with Crippen LogP contribution in [0.1, 0.15) is 65.2 Å². The van der Waals surface area contributed by atoms with E-state index in [4.69, 9.17) is 0 Å². The van der Waals surface area contributed by atoms with Crippen LogP contribution in [0.15, 0.2) is 0 Å². The van der Waals surface area contributed by atoms with Gasteiger partial charge in [0.15, 0.2) is 0 Å². The van der Waals surface area contributed by atoms with Gasteiger partial charge in [0.05, 0.1) is 5.60 Å². The van der Waals surface area contributed by atoms with E-state index in [2.05, 4.69) is 18.7 Å². The highest BCUT2D eigenvalue weighted by Gasteiger charge is 2.50. The first kappa shape index (κ1) is 12.9. The summed E-state index contributed by atoms with van der Waals surface area (Å²) in [5.74, 6) is 1.51. The maximum absolute atomic E-state index is 11.1. The van der Waals surface area contributed by atoms with Crippen LogP contribution < -0.4 is 0 Å². The molecule has 2 unspecified atom stereocenters. The van der Waals surface area contributed by atoms with Gasteiger partial charge in [-0.15, -0.1) is 0 Å². The van der Waals surface area contributed by atoms with Crippen LogP contribution >= 0.6 is 0 Å². The Bertz CT molecular complexity index is 293. The summed E-state index contributed by atoms with van der Waals surface area (Å²) in [5, 5.41) is 11.1. The van der Waals surface area contributed by atoms with Crippen LogP contribution in [0.5, 0.6) is 0 Å². The molecule has 1 aliphatic heterocycles. The average Bonchev–Trinajstić information content (AvgIpc) is 3.16. The van der Waals surface area contributed by atoms with E-state index in [0.29, 0.717) is 12.0 Å². The minimum Gasteiger partial charge on any atom is -0.388 e. The van der Waals surface area contributed by atoms with E-state index in [1.807, 2.05) is 0 Å². The number of rotatable bonds is 3. The number of hydrogen-bond acceptors (Lipinski definition) is 2. The normalized spacial score (nSPS) is 46.5. The van der Waals surface area contributed by atoms with Crippen molar-refractivity contribution < 1.29 is 5.11 Å². The van der Waals surface area contributed by atoms with Crippen molar-refractivity contribution in [3.05, 3.63) is 0 Å². The number of hydrogen-bond donors (Lipinski definition) is 1. The van der Waals surface area contributed by atoms with Crippen molar-refractivity contribution in [2.45, 2.75) is 82.9 Å². The zero-order valence-corrected chi connectivity index (χ0v) is 12.1. The summed E-state index contributed by atoms with van der Waals surface area (Å²) in [6.07, 6.45) is 10.3. The highest BCUT2D eigenvalue weighted by Crippen LogP contribution is 2.45. The van der Waals surface area contributed by atoms with E-state index in [-0.39, 0.29) is 5.60 Å². The molecule has 1 heterocycles. The summed E-state index contributed by atoms with van der Waals surface area (Å²) in [6.45, 7) is 5.58. The first-order valence-corrected chi connectivity index (χ1v) is 8.10. The molecule has 104 valence electrons. The topological polar surface area (TPSA) is 23.5 Å². The van der Waals surface area contributed by atoms with Gasteiger partial charge in [0.2, 0.25) is 0 Å². The molecule has 3 rings (SSSR count). The number of likely N-dealkylation sites (tertiary alicyclic amines) is 1. The van der Waals surface area contributed by atoms with Gasteiger partial charge in [-0.3, -0.25) is 4.90 Å². The highest BCUT2D eigenvalue weighted by atomic mass is 16.3. The van der Waals surface area contributed by atoms with Crippen molar-refractivity contribution in [3.63, 3.8) is 0 Å². The molecular formula is C16H29NO. The predicted molar refractivity (Wildman–Crippen MR) is 74.5 cm³/mol. The summed E-state index contributed by atoms with van der Waals surface area (Å²) in [4.78, 5) is 2.59. The highest BCUT2D eigenvalue weighted by molar-refractivity contribution is 5.04. The zero-order valence-electron chi connectivity index (χ0n) is 12.1. The fourth-order valence-corrected chi connectivity index (χ4v) is 4.46. The van der Waals surface area contributed by atoms with Gasteiger partial charge in [-0.2, -0.15) is 0 Å². The maximum atomic E-state index is 11.1. The van der Waals surface area contributed by atoms with Crippen LogP contribution in [-0.4, -0.2) is 34.2 Å². The van der Waals surface area contributed by atoms with Crippen LogP contribution in [0.3, 0.4) is 0 Å². The first-order valence-electron chi connectivity index (χ1n) is 8.10. The molecule has 0 spiro atoms. The van der Waals surface area contributed by atoms with Gasteiger partial charge in [0.1, 0.15) is 0 Å². The molecule has 1 saturated heterocycles. The maximum Gasteiger partial charge on any atom is 0.0817 e. The lowest BCUT2D eigenvalue weighted by molar-refractivity contribution is -0.0299. The number of nitrogens with zero attached hydrogens (tertiary/aromatic N) is 1. The second kappa shape index (κ2) is 4.79. The minimum atomic E-state index is -0.360. The lowest BCUT2D eigenvalue weighted by Crippen LogP contribution is -2.43. The number of aliphatic hydroxyl groups is 1. The Kier molecular flexibility index (Phi) is 3.44. The standard InChI is InChI=1S/C16H29NO/c1-3-13-4-6-14(7-5-13)16(18)10-12(2)17(11-16)15-8-9-15/h12-15,18H,3-11H2,1-2H3. The van der Waals surface area contributed by atoms with Gasteiger partial charge < -0.3 is 5.11 Å². The quantitative estimate of drug-likeness (QED) is 0.832. The Labute approximate surface area is 112 Å². The van der Waals surface area contributed by atoms with E-state index in [9.17, 15) is 5.11 Å². The third-order valence-corrected chi connectivity index (χ3v) is 5.87. The minimum absolute atomic E-state index is 0.360. The number of β-amino-alcohol motifs (C(OH)–C–C–N with tert-alkyl or cyclic N) is 1. The summed E-state index contributed by atoms with van der Waals surface area (Å²) < 4.78 is 0. The summed E-state index contributed by atoms with van der Waals surface area (Å²) >= 11 is 0. The third-order valence-electron chi connectivity index (χ3n) is 5.87. The fraction of sp³-hybridized carbons (Fsp3) is 1.00. The first-order chi connectivity index (χ1) is 8.62. The average molecular weight is 251 g/mol. The van der Waals surface area contributed by atoms with Crippen LogP contribution in [0.2, 0.25) is 0 Å². The molecule has 18 heavy (non-hydrogen) atoms. The van der Waals surface area contributed by atoms with Crippen molar-refractivity contribution in [3.8, 4) is 0 Å². The molecule has 3 aliphatic rings. The van der Waals surface area contributed by atoms with E-state index in [1.54, 1.807) is 0 Å². The van der Waals surface area contributed by atoms with E-state index in [1.165, 1.54) is 44.9 Å². The lowest BCUT2D eigenvalue weighted by atomic mass is 9.72. The molecule has 2 heteroatoms. The second-order valence-corrected chi connectivity index (χ2v) is 7.19. The molecule has 0 radical (unpaired) electrons. The van der Waals surface area contributed by atoms with E-state index < -0.39 is 0 Å². The third kappa shape index (κ3) is 2.34. The Hall–Kier alpha value is -0.0800. The van der Waals surface area contributed by atoms with Gasteiger partial charge in [-0.1, -0.05) is 26.2 Å². The molecule has 2 nitrogen and oxygen atoms in total. The Morgan fingerprint density at radius 1 is 1.11 bits per heavy atom.